The van der Waals surface area contributed by atoms with E-state index in [1.54, 1.807) is 0 Å². The number of benzene rings is 1. The van der Waals surface area contributed by atoms with Gasteiger partial charge in [0.15, 0.2) is 0 Å². The Hall–Kier alpha value is -1.01. The molecular formula is C11H13Cl. The molecule has 0 amide bonds. The normalized spacial score (nSPS) is 7.83. The van der Waals surface area contributed by atoms with Gasteiger partial charge in [0.25, 0.3) is 0 Å². The maximum Gasteiger partial charge on any atom is 0.0328 e. The van der Waals surface area contributed by atoms with Crippen LogP contribution >= 0.6 is 11.6 Å². The molecule has 1 heteroatoms. The quantitative estimate of drug-likeness (QED) is 0.575. The second-order valence-corrected chi connectivity index (χ2v) is 2.79. The Bertz CT molecular complexity index is 236. The molecule has 0 radical (unpaired) electrons. The summed E-state index contributed by atoms with van der Waals surface area (Å²) in [6.07, 6.45) is 1.49. The van der Waals surface area contributed by atoms with Crippen molar-refractivity contribution >= 4 is 11.6 Å². The fourth-order valence-corrected chi connectivity index (χ4v) is 0.534. The molecule has 1 rings (SSSR count). The van der Waals surface area contributed by atoms with Crippen LogP contribution in [0.15, 0.2) is 54.6 Å². The van der Waals surface area contributed by atoms with E-state index in [0.717, 1.165) is 0 Å². The van der Waals surface area contributed by atoms with E-state index in [-0.39, 0.29) is 0 Å². The molecule has 0 bridgehead atoms. The zero-order chi connectivity index (χ0) is 9.40. The first-order valence-corrected chi connectivity index (χ1v) is 4.03. The van der Waals surface area contributed by atoms with Crippen molar-refractivity contribution in [2.45, 2.75) is 6.92 Å². The second kappa shape index (κ2) is 6.68. The minimum Gasteiger partial charge on any atom is -0.0976 e. The summed E-state index contributed by atoms with van der Waals surface area (Å²) in [6, 6.07) is 10.3. The van der Waals surface area contributed by atoms with Gasteiger partial charge in [-0.2, -0.15) is 0 Å². The fourth-order valence-electron chi connectivity index (χ4n) is 0.534. The summed E-state index contributed by atoms with van der Waals surface area (Å²) in [4.78, 5) is 0. The molecule has 12 heavy (non-hydrogen) atoms. The molecule has 0 spiro atoms. The summed E-state index contributed by atoms with van der Waals surface area (Å²) in [5.74, 6) is 0. The molecule has 0 N–H and O–H groups in total. The molecule has 0 nitrogen and oxygen atoms in total. The van der Waals surface area contributed by atoms with Crippen LogP contribution in [0.1, 0.15) is 5.56 Å². The zero-order valence-electron chi connectivity index (χ0n) is 7.26. The predicted molar refractivity (Wildman–Crippen MR) is 56.4 cm³/mol. The zero-order valence-corrected chi connectivity index (χ0v) is 8.01. The van der Waals surface area contributed by atoms with Crippen LogP contribution < -0.4 is 0 Å². The smallest absolute Gasteiger partial charge is 0.0328 e. The molecule has 0 fully saturated rings. The molecular weight excluding hydrogens is 168 g/mol. The standard InChI is InChI=1S/C7H8.C4H5Cl/c1-7-5-3-2-4-6-7;1-3-4(2)5/h2-6H,1H3;3H,1-2H2. The summed E-state index contributed by atoms with van der Waals surface area (Å²) >= 11 is 5.15. The van der Waals surface area contributed by atoms with E-state index in [9.17, 15) is 0 Å². The summed E-state index contributed by atoms with van der Waals surface area (Å²) < 4.78 is 0. The van der Waals surface area contributed by atoms with Gasteiger partial charge in [-0.1, -0.05) is 66.7 Å². The lowest BCUT2D eigenvalue weighted by Gasteiger charge is -1.82. The lowest BCUT2D eigenvalue weighted by atomic mass is 10.2. The Kier molecular flexibility index (Phi) is 6.12. The molecule has 0 atom stereocenters. The van der Waals surface area contributed by atoms with Crippen LogP contribution in [0.25, 0.3) is 0 Å². The van der Waals surface area contributed by atoms with Crippen molar-refractivity contribution in [1.29, 1.82) is 0 Å². The topological polar surface area (TPSA) is 0 Å². The van der Waals surface area contributed by atoms with Gasteiger partial charge in [0, 0.05) is 5.03 Å². The van der Waals surface area contributed by atoms with Crippen LogP contribution in [-0.4, -0.2) is 0 Å². The predicted octanol–water partition coefficient (Wildman–Crippen LogP) is 3.92. The van der Waals surface area contributed by atoms with E-state index in [0.29, 0.717) is 5.03 Å². The Morgan fingerprint density at radius 2 is 1.75 bits per heavy atom. The number of hydrogen-bond acceptors (Lipinski definition) is 0. The van der Waals surface area contributed by atoms with Crippen molar-refractivity contribution in [2.24, 2.45) is 0 Å². The van der Waals surface area contributed by atoms with Crippen LogP contribution in [0.4, 0.5) is 0 Å². The summed E-state index contributed by atoms with van der Waals surface area (Å²) in [5, 5.41) is 0.491. The minimum absolute atomic E-state index is 0.491. The van der Waals surface area contributed by atoms with Crippen LogP contribution in [0, 0.1) is 6.92 Å². The Morgan fingerprint density at radius 3 is 1.92 bits per heavy atom. The number of aryl methyl sites for hydroxylation is 1. The molecule has 0 unspecified atom stereocenters. The molecule has 0 aromatic heterocycles. The molecule has 0 aliphatic carbocycles. The molecule has 0 aliphatic heterocycles. The lowest BCUT2D eigenvalue weighted by molar-refractivity contribution is 1.48. The third-order valence-corrected chi connectivity index (χ3v) is 1.32. The third-order valence-electron chi connectivity index (χ3n) is 1.16. The summed E-state index contributed by atoms with van der Waals surface area (Å²) in [7, 11) is 0. The van der Waals surface area contributed by atoms with Crippen LogP contribution in [0.5, 0.6) is 0 Å². The van der Waals surface area contributed by atoms with E-state index in [2.05, 4.69) is 32.2 Å². The fraction of sp³-hybridized carbons (Fsp3) is 0.0909. The maximum atomic E-state index is 5.15. The van der Waals surface area contributed by atoms with Crippen LogP contribution in [0.2, 0.25) is 0 Å². The van der Waals surface area contributed by atoms with Gasteiger partial charge in [-0.3, -0.25) is 0 Å². The second-order valence-electron chi connectivity index (χ2n) is 2.31. The number of allylic oxidation sites excluding steroid dienone is 2. The highest BCUT2D eigenvalue weighted by Gasteiger charge is 1.72. The largest absolute Gasteiger partial charge is 0.0976 e. The first-order valence-electron chi connectivity index (χ1n) is 3.65. The Balaban J connectivity index is 0.000000217. The third kappa shape index (κ3) is 7.10. The van der Waals surface area contributed by atoms with Crippen LogP contribution in [0.3, 0.4) is 0 Å². The molecule has 0 aliphatic rings. The first-order chi connectivity index (χ1) is 5.66. The summed E-state index contributed by atoms with van der Waals surface area (Å²) in [6.45, 7) is 8.73. The molecule has 0 heterocycles. The monoisotopic (exact) mass is 180 g/mol. The highest BCUT2D eigenvalue weighted by Crippen LogP contribution is 1.93. The molecule has 0 saturated heterocycles. The maximum absolute atomic E-state index is 5.15. The molecule has 0 saturated carbocycles. The lowest BCUT2D eigenvalue weighted by Crippen LogP contribution is -1.62. The van der Waals surface area contributed by atoms with Crippen molar-refractivity contribution in [3.05, 3.63) is 60.2 Å². The van der Waals surface area contributed by atoms with Gasteiger partial charge in [0.2, 0.25) is 0 Å². The number of rotatable bonds is 1. The average molecular weight is 181 g/mol. The van der Waals surface area contributed by atoms with Gasteiger partial charge in [0.1, 0.15) is 0 Å². The van der Waals surface area contributed by atoms with Crippen molar-refractivity contribution in [1.82, 2.24) is 0 Å². The van der Waals surface area contributed by atoms with Crippen molar-refractivity contribution in [3.63, 3.8) is 0 Å². The van der Waals surface area contributed by atoms with E-state index in [1.807, 2.05) is 18.2 Å². The number of hydrogen-bond donors (Lipinski definition) is 0. The minimum atomic E-state index is 0.491. The van der Waals surface area contributed by atoms with Gasteiger partial charge in [-0.15, -0.1) is 0 Å². The first kappa shape index (κ1) is 11.0. The molecule has 64 valence electrons. The Labute approximate surface area is 79.2 Å². The van der Waals surface area contributed by atoms with E-state index >= 15 is 0 Å². The van der Waals surface area contributed by atoms with Crippen molar-refractivity contribution < 1.29 is 0 Å². The summed E-state index contributed by atoms with van der Waals surface area (Å²) in [5.41, 5.74) is 1.32. The van der Waals surface area contributed by atoms with Crippen LogP contribution in [-0.2, 0) is 0 Å². The van der Waals surface area contributed by atoms with Gasteiger partial charge < -0.3 is 0 Å². The van der Waals surface area contributed by atoms with Gasteiger partial charge in [-0.05, 0) is 6.92 Å². The molecule has 1 aromatic rings. The SMILES string of the molecule is C=CC(=C)Cl.Cc1ccccc1. The van der Waals surface area contributed by atoms with Gasteiger partial charge in [0.05, 0.1) is 0 Å². The van der Waals surface area contributed by atoms with E-state index in [1.165, 1.54) is 11.6 Å². The van der Waals surface area contributed by atoms with Crippen molar-refractivity contribution in [3.8, 4) is 0 Å². The number of halogens is 1. The molecule has 1 aromatic carbocycles. The van der Waals surface area contributed by atoms with E-state index < -0.39 is 0 Å². The highest BCUT2D eigenvalue weighted by atomic mass is 35.5. The highest BCUT2D eigenvalue weighted by molar-refractivity contribution is 6.30. The van der Waals surface area contributed by atoms with Gasteiger partial charge >= 0.3 is 0 Å². The van der Waals surface area contributed by atoms with Crippen molar-refractivity contribution in [2.75, 3.05) is 0 Å². The average Bonchev–Trinajstić information content (AvgIpc) is 2.07. The van der Waals surface area contributed by atoms with Gasteiger partial charge in [-0.25, -0.2) is 0 Å². The van der Waals surface area contributed by atoms with E-state index in [4.69, 9.17) is 11.6 Å². The Morgan fingerprint density at radius 1 is 1.33 bits per heavy atom.